The second kappa shape index (κ2) is 12.0. The number of nitrogens with two attached hydrogens (primary N) is 1. The van der Waals surface area contributed by atoms with Gasteiger partial charge in [-0.15, -0.1) is 0 Å². The van der Waals surface area contributed by atoms with Crippen molar-refractivity contribution in [3.05, 3.63) is 65.1 Å². The van der Waals surface area contributed by atoms with Crippen molar-refractivity contribution >= 4 is 17.4 Å². The Balaban J connectivity index is 2.11. The SMILES string of the molecule is CN(C(=O)Oc1c(/C(=C/NC2OC(CO)C(O)C2O)CN)cc(C(F)(F)F)cc1C(F)(F)F)c1ccc(F)cc1. The molecule has 3 rings (SSSR count). The predicted molar refractivity (Wildman–Crippen MR) is 125 cm³/mol. The van der Waals surface area contributed by atoms with E-state index in [1.807, 2.05) is 0 Å². The first kappa shape index (κ1) is 31.1. The fourth-order valence-electron chi connectivity index (χ4n) is 3.74. The third-order valence-corrected chi connectivity index (χ3v) is 5.93. The first-order valence-corrected chi connectivity index (χ1v) is 11.4. The molecule has 0 aliphatic carbocycles. The van der Waals surface area contributed by atoms with Crippen LogP contribution in [0.2, 0.25) is 0 Å². The molecule has 0 spiro atoms. The minimum absolute atomic E-state index is 0.00552. The molecule has 220 valence electrons. The number of halogens is 7. The van der Waals surface area contributed by atoms with Gasteiger partial charge in [0, 0.05) is 31.0 Å². The van der Waals surface area contributed by atoms with Crippen molar-refractivity contribution in [2.75, 3.05) is 25.1 Å². The highest BCUT2D eigenvalue weighted by Gasteiger charge is 2.43. The number of aliphatic hydroxyl groups excluding tert-OH is 3. The number of benzene rings is 2. The Morgan fingerprint density at radius 1 is 1.10 bits per heavy atom. The summed E-state index contributed by atoms with van der Waals surface area (Å²) in [6, 6.07) is 4.23. The van der Waals surface area contributed by atoms with Crippen LogP contribution in [-0.2, 0) is 17.1 Å². The van der Waals surface area contributed by atoms with Gasteiger partial charge in [0.2, 0.25) is 0 Å². The average Bonchev–Trinajstić information content (AvgIpc) is 3.16. The maximum absolute atomic E-state index is 14.0. The Morgan fingerprint density at radius 2 is 1.73 bits per heavy atom. The van der Waals surface area contributed by atoms with Crippen LogP contribution >= 0.6 is 0 Å². The van der Waals surface area contributed by atoms with Crippen molar-refractivity contribution in [1.29, 1.82) is 0 Å². The average molecular weight is 583 g/mol. The molecule has 1 aliphatic rings. The largest absolute Gasteiger partial charge is 0.420 e. The molecule has 1 amide bonds. The molecule has 6 N–H and O–H groups in total. The van der Waals surface area contributed by atoms with Crippen molar-refractivity contribution in [1.82, 2.24) is 5.32 Å². The highest BCUT2D eigenvalue weighted by molar-refractivity contribution is 5.90. The van der Waals surface area contributed by atoms with Crippen molar-refractivity contribution in [2.24, 2.45) is 5.73 Å². The zero-order chi connectivity index (χ0) is 30.0. The number of hydrogen-bond donors (Lipinski definition) is 5. The van der Waals surface area contributed by atoms with Gasteiger partial charge in [-0.2, -0.15) is 26.3 Å². The normalized spacial score (nSPS) is 21.9. The summed E-state index contributed by atoms with van der Waals surface area (Å²) in [6.07, 6.45) is -17.2. The molecule has 16 heteroatoms. The topological polar surface area (TPSA) is 138 Å². The van der Waals surface area contributed by atoms with Gasteiger partial charge in [0.15, 0.2) is 12.0 Å². The third kappa shape index (κ3) is 6.82. The molecule has 1 aliphatic heterocycles. The molecule has 4 unspecified atom stereocenters. The number of carbonyl (C=O) groups excluding carboxylic acids is 1. The molecule has 2 aromatic rings. The Kier molecular flexibility index (Phi) is 9.31. The quantitative estimate of drug-likeness (QED) is 0.314. The van der Waals surface area contributed by atoms with E-state index in [0.717, 1.165) is 37.5 Å². The van der Waals surface area contributed by atoms with E-state index >= 15 is 0 Å². The van der Waals surface area contributed by atoms with Gasteiger partial charge in [0.1, 0.15) is 24.1 Å². The molecular formula is C24H24F7N3O6. The summed E-state index contributed by atoms with van der Waals surface area (Å²) < 4.78 is 106. The maximum Gasteiger partial charge on any atom is 0.420 e. The standard InChI is InChI=1S/C24H24F7N3O6/c1-34(14-4-2-13(25)3-5-14)22(38)40-20-15(6-12(23(26,27)28)7-16(20)24(29,30)31)11(8-32)9-33-21-19(37)18(36)17(10-35)39-21/h2-7,9,17-19,21,33,35-37H,8,10,32H2,1H3/b11-9+. The van der Waals surface area contributed by atoms with Crippen LogP contribution < -0.4 is 20.7 Å². The van der Waals surface area contributed by atoms with Crippen LogP contribution in [0, 0.1) is 5.82 Å². The lowest BCUT2D eigenvalue weighted by molar-refractivity contribution is -0.143. The molecule has 0 aromatic heterocycles. The monoisotopic (exact) mass is 583 g/mol. The van der Waals surface area contributed by atoms with E-state index in [1.165, 1.54) is 0 Å². The van der Waals surface area contributed by atoms with Gasteiger partial charge in [0.05, 0.1) is 17.7 Å². The van der Waals surface area contributed by atoms with Crippen LogP contribution in [0.1, 0.15) is 16.7 Å². The van der Waals surface area contributed by atoms with Crippen LogP contribution in [0.15, 0.2) is 42.6 Å². The summed E-state index contributed by atoms with van der Waals surface area (Å²) in [4.78, 5) is 13.5. The molecule has 2 aromatic carbocycles. The van der Waals surface area contributed by atoms with Crippen LogP contribution in [0.25, 0.3) is 5.57 Å². The van der Waals surface area contributed by atoms with Crippen molar-refractivity contribution in [3.63, 3.8) is 0 Å². The van der Waals surface area contributed by atoms with Crippen LogP contribution in [-0.4, -0.2) is 66.2 Å². The van der Waals surface area contributed by atoms with E-state index < -0.39 is 90.0 Å². The van der Waals surface area contributed by atoms with Gasteiger partial charge in [-0.3, -0.25) is 4.90 Å². The summed E-state index contributed by atoms with van der Waals surface area (Å²) in [5, 5.41) is 31.5. The third-order valence-electron chi connectivity index (χ3n) is 5.93. The number of ether oxygens (including phenoxy) is 2. The van der Waals surface area contributed by atoms with Crippen LogP contribution in [0.5, 0.6) is 5.75 Å². The van der Waals surface area contributed by atoms with E-state index in [1.54, 1.807) is 0 Å². The summed E-state index contributed by atoms with van der Waals surface area (Å²) in [5.41, 5.74) is 0.652. The molecule has 0 saturated carbocycles. The molecular weight excluding hydrogens is 559 g/mol. The van der Waals surface area contributed by atoms with E-state index in [4.69, 9.17) is 15.2 Å². The van der Waals surface area contributed by atoms with E-state index in [0.29, 0.717) is 11.0 Å². The van der Waals surface area contributed by atoms with Gasteiger partial charge >= 0.3 is 18.4 Å². The molecule has 1 fully saturated rings. The summed E-state index contributed by atoms with van der Waals surface area (Å²) >= 11 is 0. The van der Waals surface area contributed by atoms with E-state index in [9.17, 15) is 50.8 Å². The lowest BCUT2D eigenvalue weighted by atomic mass is 9.97. The zero-order valence-electron chi connectivity index (χ0n) is 20.5. The number of hydrogen-bond acceptors (Lipinski definition) is 8. The number of nitrogens with zero attached hydrogens (tertiary/aromatic N) is 1. The van der Waals surface area contributed by atoms with Crippen molar-refractivity contribution in [3.8, 4) is 5.75 Å². The molecule has 40 heavy (non-hydrogen) atoms. The van der Waals surface area contributed by atoms with Gasteiger partial charge in [-0.1, -0.05) is 0 Å². The second-order valence-corrected chi connectivity index (χ2v) is 8.60. The minimum Gasteiger partial charge on any atom is -0.409 e. The number of aliphatic hydroxyl groups is 3. The highest BCUT2D eigenvalue weighted by Crippen LogP contribution is 2.44. The molecule has 0 radical (unpaired) electrons. The van der Waals surface area contributed by atoms with Gasteiger partial charge in [-0.25, -0.2) is 9.18 Å². The molecule has 9 nitrogen and oxygen atoms in total. The first-order chi connectivity index (χ1) is 18.6. The van der Waals surface area contributed by atoms with Gasteiger partial charge in [-0.05, 0) is 42.0 Å². The Morgan fingerprint density at radius 3 is 2.23 bits per heavy atom. The summed E-state index contributed by atoms with van der Waals surface area (Å²) in [5.74, 6) is -1.98. The van der Waals surface area contributed by atoms with Gasteiger partial charge < -0.3 is 35.8 Å². The van der Waals surface area contributed by atoms with Crippen LogP contribution in [0.3, 0.4) is 0 Å². The Bertz CT molecular complexity index is 1240. The number of nitrogens with one attached hydrogen (secondary N) is 1. The molecule has 1 heterocycles. The minimum atomic E-state index is -5.43. The number of carbonyl (C=O) groups is 1. The lowest BCUT2D eigenvalue weighted by Gasteiger charge is -2.23. The number of alkyl halides is 6. The molecule has 0 bridgehead atoms. The van der Waals surface area contributed by atoms with E-state index in [2.05, 4.69) is 5.32 Å². The number of rotatable bonds is 7. The predicted octanol–water partition coefficient (Wildman–Crippen LogP) is 2.83. The molecule has 1 saturated heterocycles. The fraction of sp³-hybridized carbons (Fsp3) is 0.375. The number of amides is 1. The first-order valence-electron chi connectivity index (χ1n) is 11.4. The fourth-order valence-corrected chi connectivity index (χ4v) is 3.74. The smallest absolute Gasteiger partial charge is 0.409 e. The maximum atomic E-state index is 14.0. The molecule has 4 atom stereocenters. The van der Waals surface area contributed by atoms with Crippen molar-refractivity contribution in [2.45, 2.75) is 36.9 Å². The highest BCUT2D eigenvalue weighted by atomic mass is 19.4. The Hall–Kier alpha value is -3.44. The zero-order valence-corrected chi connectivity index (χ0v) is 20.5. The summed E-state index contributed by atoms with van der Waals surface area (Å²) in [6.45, 7) is -1.40. The summed E-state index contributed by atoms with van der Waals surface area (Å²) in [7, 11) is 1.08. The second-order valence-electron chi connectivity index (χ2n) is 8.60. The van der Waals surface area contributed by atoms with Crippen LogP contribution in [0.4, 0.5) is 41.2 Å². The van der Waals surface area contributed by atoms with Crippen molar-refractivity contribution < 1.29 is 60.3 Å². The number of anilines is 1. The van der Waals surface area contributed by atoms with Gasteiger partial charge in [0.25, 0.3) is 0 Å². The lowest BCUT2D eigenvalue weighted by Crippen LogP contribution is -2.39. The van der Waals surface area contributed by atoms with E-state index in [-0.39, 0.29) is 11.8 Å². The Labute approximate surface area is 222 Å².